The lowest BCUT2D eigenvalue weighted by atomic mass is 10.0. The zero-order chi connectivity index (χ0) is 26.1. The van der Waals surface area contributed by atoms with Crippen LogP contribution in [0.1, 0.15) is 44.8 Å². The second-order valence-corrected chi connectivity index (χ2v) is 9.60. The summed E-state index contributed by atoms with van der Waals surface area (Å²) < 4.78 is 9.40. The minimum absolute atomic E-state index is 0.0824. The Labute approximate surface area is 215 Å². The number of aliphatic hydroxyl groups is 1. The number of hydrogen-bond donors (Lipinski definition) is 2. The zero-order valence-electron chi connectivity index (χ0n) is 21.2. The smallest absolute Gasteiger partial charge is 0.220 e. The molecule has 10 nitrogen and oxygen atoms in total. The molecule has 5 heterocycles. The second kappa shape index (κ2) is 10.3. The summed E-state index contributed by atoms with van der Waals surface area (Å²) in [6.45, 7) is 9.46. The summed E-state index contributed by atoms with van der Waals surface area (Å²) in [5.41, 5.74) is 11.3. The van der Waals surface area contributed by atoms with Crippen LogP contribution in [0, 0.1) is 0 Å². The monoisotopic (exact) mass is 503 g/mol. The van der Waals surface area contributed by atoms with Crippen molar-refractivity contribution in [2.24, 2.45) is 0 Å². The first-order chi connectivity index (χ1) is 17.9. The SMILES string of the molecule is C=C(/C=C(\C=C/C)c1cc(-c2ccnn2C2CCOCC2)c2c(N)ncnn12)[C@@H]1C[C@H](O)CN1C(C)=O. The quantitative estimate of drug-likeness (QED) is 0.496. The number of carbonyl (C=O) groups is 1. The molecule has 2 fully saturated rings. The Morgan fingerprint density at radius 2 is 2.08 bits per heavy atom. The molecule has 37 heavy (non-hydrogen) atoms. The average molecular weight is 504 g/mol. The normalized spacial score (nSPS) is 21.4. The van der Waals surface area contributed by atoms with Gasteiger partial charge < -0.3 is 20.5 Å². The number of amides is 1. The van der Waals surface area contributed by atoms with Gasteiger partial charge >= 0.3 is 0 Å². The van der Waals surface area contributed by atoms with Crippen molar-refractivity contribution in [3.05, 3.63) is 60.7 Å². The fourth-order valence-electron chi connectivity index (χ4n) is 5.41. The van der Waals surface area contributed by atoms with Gasteiger partial charge in [-0.15, -0.1) is 0 Å². The van der Waals surface area contributed by atoms with E-state index in [1.54, 1.807) is 15.6 Å². The molecule has 2 atom stereocenters. The summed E-state index contributed by atoms with van der Waals surface area (Å²) >= 11 is 0. The van der Waals surface area contributed by atoms with Crippen molar-refractivity contribution < 1.29 is 14.6 Å². The number of likely N-dealkylation sites (tertiary alicyclic amines) is 1. The van der Waals surface area contributed by atoms with Crippen molar-refractivity contribution in [1.82, 2.24) is 29.3 Å². The van der Waals surface area contributed by atoms with E-state index in [0.717, 1.165) is 40.9 Å². The van der Waals surface area contributed by atoms with Crippen molar-refractivity contribution in [3.8, 4) is 11.3 Å². The molecule has 0 aliphatic carbocycles. The van der Waals surface area contributed by atoms with E-state index < -0.39 is 6.10 Å². The minimum Gasteiger partial charge on any atom is -0.391 e. The molecule has 194 valence electrons. The number of fused-ring (bicyclic) bond motifs is 1. The lowest BCUT2D eigenvalue weighted by Gasteiger charge is -2.24. The summed E-state index contributed by atoms with van der Waals surface area (Å²) in [6.07, 6.45) is 10.8. The van der Waals surface area contributed by atoms with Crippen LogP contribution in [-0.4, -0.2) is 72.2 Å². The molecule has 3 N–H and O–H groups in total. The standard InChI is InChI=1S/C27H33N7O3/c1-4-5-19(12-17(2)24-13-21(36)15-32(24)18(3)35)25-14-22(26-27(28)29-16-31-34(25)26)23-6-9-30-33(23)20-7-10-37-11-8-20/h4-6,9,12,14,16,20-21,24,36H,2,7-8,10-11,13,15H2,1,3H3,(H2,28,29,31)/b5-4-,19-12+/t21-,24-/m0/s1. The van der Waals surface area contributed by atoms with Crippen LogP contribution < -0.4 is 5.73 Å². The maximum atomic E-state index is 12.2. The lowest BCUT2D eigenvalue weighted by molar-refractivity contribution is -0.129. The molecule has 0 aromatic carbocycles. The molecular weight excluding hydrogens is 470 g/mol. The van der Waals surface area contributed by atoms with Crippen LogP contribution in [-0.2, 0) is 9.53 Å². The lowest BCUT2D eigenvalue weighted by Crippen LogP contribution is -2.34. The van der Waals surface area contributed by atoms with E-state index in [4.69, 9.17) is 10.5 Å². The van der Waals surface area contributed by atoms with Gasteiger partial charge in [0, 0.05) is 44.0 Å². The molecule has 1 amide bonds. The second-order valence-electron chi connectivity index (χ2n) is 9.60. The van der Waals surface area contributed by atoms with Gasteiger partial charge in [-0.1, -0.05) is 18.7 Å². The molecule has 2 saturated heterocycles. The van der Waals surface area contributed by atoms with E-state index >= 15 is 0 Å². The van der Waals surface area contributed by atoms with Gasteiger partial charge in [-0.05, 0) is 50.0 Å². The Morgan fingerprint density at radius 3 is 2.81 bits per heavy atom. The van der Waals surface area contributed by atoms with E-state index in [9.17, 15) is 9.90 Å². The third kappa shape index (κ3) is 4.70. The van der Waals surface area contributed by atoms with E-state index in [1.165, 1.54) is 13.3 Å². The Morgan fingerprint density at radius 1 is 1.30 bits per heavy atom. The van der Waals surface area contributed by atoms with Crippen molar-refractivity contribution in [2.45, 2.75) is 51.3 Å². The van der Waals surface area contributed by atoms with E-state index in [0.29, 0.717) is 37.5 Å². The molecule has 2 aliphatic heterocycles. The zero-order valence-corrected chi connectivity index (χ0v) is 21.2. The summed E-state index contributed by atoms with van der Waals surface area (Å²) in [7, 11) is 0. The number of nitrogens with two attached hydrogens (primary N) is 1. The topological polar surface area (TPSA) is 124 Å². The number of β-amino-alcohol motifs (C(OH)–C–C–N with tert-alkyl or cyclic N) is 1. The van der Waals surface area contributed by atoms with Gasteiger partial charge in [0.05, 0.1) is 29.6 Å². The van der Waals surface area contributed by atoms with Gasteiger partial charge in [0.2, 0.25) is 5.91 Å². The number of nitrogen functional groups attached to an aromatic ring is 1. The number of nitrogens with zero attached hydrogens (tertiary/aromatic N) is 6. The third-order valence-electron chi connectivity index (χ3n) is 7.16. The van der Waals surface area contributed by atoms with Crippen LogP contribution >= 0.6 is 0 Å². The number of hydrogen-bond acceptors (Lipinski definition) is 7. The van der Waals surface area contributed by atoms with Crippen molar-refractivity contribution in [1.29, 1.82) is 0 Å². The van der Waals surface area contributed by atoms with E-state index in [1.807, 2.05) is 31.2 Å². The van der Waals surface area contributed by atoms with Gasteiger partial charge in [-0.2, -0.15) is 10.2 Å². The summed E-state index contributed by atoms with van der Waals surface area (Å²) in [5, 5.41) is 19.4. The first-order valence-corrected chi connectivity index (χ1v) is 12.6. The fraction of sp³-hybridized carbons (Fsp3) is 0.407. The van der Waals surface area contributed by atoms with Crippen molar-refractivity contribution in [2.75, 3.05) is 25.5 Å². The number of aliphatic hydroxyl groups excluding tert-OH is 1. The Bertz CT molecular complexity index is 1380. The first-order valence-electron chi connectivity index (χ1n) is 12.6. The summed E-state index contributed by atoms with van der Waals surface area (Å²) in [6, 6.07) is 4.01. The highest BCUT2D eigenvalue weighted by Gasteiger charge is 2.34. The first kappa shape index (κ1) is 24.9. The van der Waals surface area contributed by atoms with E-state index in [2.05, 4.69) is 32.5 Å². The number of carbonyl (C=O) groups excluding carboxylic acids is 1. The average Bonchev–Trinajstić information content (AvgIpc) is 3.61. The number of allylic oxidation sites excluding steroid dienone is 3. The molecule has 3 aromatic rings. The number of rotatable bonds is 6. The maximum Gasteiger partial charge on any atom is 0.220 e. The highest BCUT2D eigenvalue weighted by Crippen LogP contribution is 2.36. The van der Waals surface area contributed by atoms with Crippen molar-refractivity contribution in [3.63, 3.8) is 0 Å². The van der Waals surface area contributed by atoms with Crippen molar-refractivity contribution >= 4 is 22.8 Å². The molecule has 0 saturated carbocycles. The predicted molar refractivity (Wildman–Crippen MR) is 141 cm³/mol. The number of ether oxygens (including phenoxy) is 1. The van der Waals surface area contributed by atoms with Gasteiger partial charge in [0.1, 0.15) is 11.8 Å². The van der Waals surface area contributed by atoms with Crippen LogP contribution in [0.3, 0.4) is 0 Å². The maximum absolute atomic E-state index is 12.2. The molecule has 5 rings (SSSR count). The molecule has 2 aliphatic rings. The number of aromatic nitrogens is 5. The molecule has 0 spiro atoms. The fourth-order valence-corrected chi connectivity index (χ4v) is 5.41. The van der Waals surface area contributed by atoms with Crippen LogP contribution in [0.25, 0.3) is 22.3 Å². The third-order valence-corrected chi connectivity index (χ3v) is 7.16. The predicted octanol–water partition coefficient (Wildman–Crippen LogP) is 3.02. The minimum atomic E-state index is -0.567. The van der Waals surface area contributed by atoms with Gasteiger partial charge in [0.15, 0.2) is 5.82 Å². The van der Waals surface area contributed by atoms with Gasteiger partial charge in [-0.25, -0.2) is 9.50 Å². The molecule has 0 unspecified atom stereocenters. The molecular formula is C27H33N7O3. The largest absolute Gasteiger partial charge is 0.391 e. The van der Waals surface area contributed by atoms with Crippen LogP contribution in [0.4, 0.5) is 5.82 Å². The van der Waals surface area contributed by atoms with E-state index in [-0.39, 0.29) is 18.0 Å². The van der Waals surface area contributed by atoms with Crippen LogP contribution in [0.15, 0.2) is 55.0 Å². The highest BCUT2D eigenvalue weighted by atomic mass is 16.5. The Hall–Kier alpha value is -3.76. The van der Waals surface area contributed by atoms with Crippen LogP contribution in [0.5, 0.6) is 0 Å². The van der Waals surface area contributed by atoms with Crippen LogP contribution in [0.2, 0.25) is 0 Å². The molecule has 3 aromatic heterocycles. The summed E-state index contributed by atoms with van der Waals surface area (Å²) in [5.74, 6) is 0.289. The highest BCUT2D eigenvalue weighted by molar-refractivity contribution is 5.91. The van der Waals surface area contributed by atoms with Gasteiger partial charge in [0.25, 0.3) is 0 Å². The molecule has 10 heteroatoms. The Balaban J connectivity index is 1.62. The summed E-state index contributed by atoms with van der Waals surface area (Å²) in [4.78, 5) is 18.1. The van der Waals surface area contributed by atoms with Gasteiger partial charge in [-0.3, -0.25) is 9.48 Å². The number of anilines is 1. The Kier molecular flexibility index (Phi) is 6.94. The molecule has 0 radical (unpaired) electrons. The molecule has 0 bridgehead atoms.